The van der Waals surface area contributed by atoms with Gasteiger partial charge in [-0.25, -0.2) is 0 Å². The molecule has 0 N–H and O–H groups in total. The molecule has 1 atom stereocenters. The fraction of sp³-hybridized carbons (Fsp3) is 0.500. The lowest BCUT2D eigenvalue weighted by atomic mass is 9.82. The first kappa shape index (κ1) is 23.4. The lowest BCUT2D eigenvalue weighted by Gasteiger charge is -2.44. The molecule has 1 nitrogen and oxygen atoms in total. The Morgan fingerprint density at radius 1 is 1.16 bits per heavy atom. The van der Waals surface area contributed by atoms with E-state index in [1.54, 1.807) is 0 Å². The van der Waals surface area contributed by atoms with E-state index in [0.29, 0.717) is 5.92 Å². The zero-order valence-electron chi connectivity index (χ0n) is 17.5. The Balaban J connectivity index is 0.00000277. The molecule has 1 aromatic carbocycles. The Kier molecular flexibility index (Phi) is 11.9. The SMILES string of the molecule is C=CCC(C)(C(C)C)N(CC(/C=C\C)=C/C)Cc1ccccc1.CC. The molecule has 0 aliphatic heterocycles. The van der Waals surface area contributed by atoms with Crippen LogP contribution in [0.15, 0.2) is 66.8 Å². The van der Waals surface area contributed by atoms with Crippen LogP contribution in [0.3, 0.4) is 0 Å². The monoisotopic (exact) mass is 341 g/mol. The number of hydrogen-bond acceptors (Lipinski definition) is 1. The molecule has 1 heteroatoms. The number of rotatable bonds is 9. The van der Waals surface area contributed by atoms with Gasteiger partial charge in [-0.15, -0.1) is 6.58 Å². The highest BCUT2D eigenvalue weighted by Crippen LogP contribution is 2.31. The second kappa shape index (κ2) is 12.7. The smallest absolute Gasteiger partial charge is 0.0245 e. The maximum Gasteiger partial charge on any atom is 0.0245 e. The summed E-state index contributed by atoms with van der Waals surface area (Å²) in [6.07, 6.45) is 9.60. The highest BCUT2D eigenvalue weighted by molar-refractivity contribution is 5.22. The molecule has 0 aliphatic carbocycles. The van der Waals surface area contributed by atoms with E-state index in [2.05, 4.69) is 101 Å². The summed E-state index contributed by atoms with van der Waals surface area (Å²) in [4.78, 5) is 2.60. The van der Waals surface area contributed by atoms with E-state index in [-0.39, 0.29) is 5.54 Å². The Morgan fingerprint density at radius 2 is 1.76 bits per heavy atom. The minimum atomic E-state index is 0.0907. The average molecular weight is 342 g/mol. The van der Waals surface area contributed by atoms with Gasteiger partial charge in [-0.05, 0) is 44.2 Å². The molecule has 0 amide bonds. The third-order valence-corrected chi connectivity index (χ3v) is 4.87. The van der Waals surface area contributed by atoms with Crippen molar-refractivity contribution in [1.29, 1.82) is 0 Å². The van der Waals surface area contributed by atoms with E-state index in [9.17, 15) is 0 Å². The van der Waals surface area contributed by atoms with Crippen molar-refractivity contribution in [1.82, 2.24) is 4.90 Å². The minimum absolute atomic E-state index is 0.0907. The van der Waals surface area contributed by atoms with E-state index < -0.39 is 0 Å². The second-order valence-electron chi connectivity index (χ2n) is 6.71. The highest BCUT2D eigenvalue weighted by atomic mass is 15.2. The summed E-state index contributed by atoms with van der Waals surface area (Å²) < 4.78 is 0. The van der Waals surface area contributed by atoms with Crippen molar-refractivity contribution >= 4 is 0 Å². The molecule has 0 bridgehead atoms. The standard InChI is InChI=1S/C22H33N.C2H6/c1-7-13-20(9-3)17-23(18-21-14-11-10-12-15-21)22(6,16-8-2)19(4)5;1-2/h7-15,19H,2,16-18H2,1,3-6H3;1-2H3/b13-7-,20-9+;. The van der Waals surface area contributed by atoms with Gasteiger partial charge >= 0.3 is 0 Å². The molecule has 0 aliphatic rings. The maximum atomic E-state index is 4.00. The van der Waals surface area contributed by atoms with Crippen molar-refractivity contribution in [2.45, 2.75) is 67.0 Å². The molecule has 0 fully saturated rings. The van der Waals surface area contributed by atoms with E-state index >= 15 is 0 Å². The van der Waals surface area contributed by atoms with Gasteiger partial charge in [0.2, 0.25) is 0 Å². The summed E-state index contributed by atoms with van der Waals surface area (Å²) in [5.74, 6) is 0.549. The average Bonchev–Trinajstić information content (AvgIpc) is 2.63. The minimum Gasteiger partial charge on any atom is -0.289 e. The number of benzene rings is 1. The fourth-order valence-corrected chi connectivity index (χ4v) is 2.92. The zero-order chi connectivity index (χ0) is 19.3. The second-order valence-corrected chi connectivity index (χ2v) is 6.71. The van der Waals surface area contributed by atoms with Crippen LogP contribution in [0, 0.1) is 5.92 Å². The summed E-state index contributed by atoms with van der Waals surface area (Å²) in [6.45, 7) is 21.1. The molecule has 0 radical (unpaired) electrons. The van der Waals surface area contributed by atoms with Crippen molar-refractivity contribution < 1.29 is 0 Å². The van der Waals surface area contributed by atoms with E-state index in [1.165, 1.54) is 11.1 Å². The first-order chi connectivity index (χ1) is 12.0. The van der Waals surface area contributed by atoms with Crippen LogP contribution in [0.5, 0.6) is 0 Å². The van der Waals surface area contributed by atoms with Crippen LogP contribution in [0.1, 0.15) is 60.5 Å². The normalized spacial score (nSPS) is 14.4. The molecule has 0 heterocycles. The van der Waals surface area contributed by atoms with Gasteiger partial charge in [0, 0.05) is 18.6 Å². The summed E-state index contributed by atoms with van der Waals surface area (Å²) in [5, 5.41) is 0. The van der Waals surface area contributed by atoms with Crippen molar-refractivity contribution in [3.8, 4) is 0 Å². The fourth-order valence-electron chi connectivity index (χ4n) is 2.92. The van der Waals surface area contributed by atoms with Gasteiger partial charge < -0.3 is 0 Å². The molecule has 140 valence electrons. The van der Waals surface area contributed by atoms with E-state index in [0.717, 1.165) is 19.5 Å². The first-order valence-electron chi connectivity index (χ1n) is 9.65. The predicted octanol–water partition coefficient (Wildman–Crippen LogP) is 7.03. The number of hydrogen-bond donors (Lipinski definition) is 0. The summed E-state index contributed by atoms with van der Waals surface area (Å²) in [7, 11) is 0. The van der Waals surface area contributed by atoms with E-state index in [1.807, 2.05) is 13.8 Å². The maximum absolute atomic E-state index is 4.00. The van der Waals surface area contributed by atoms with Gasteiger partial charge in [0.05, 0.1) is 0 Å². The van der Waals surface area contributed by atoms with Crippen LogP contribution in [0.25, 0.3) is 0 Å². The van der Waals surface area contributed by atoms with Crippen LogP contribution in [-0.4, -0.2) is 17.0 Å². The molecule has 25 heavy (non-hydrogen) atoms. The quantitative estimate of drug-likeness (QED) is 0.344. The van der Waals surface area contributed by atoms with Crippen molar-refractivity contribution in [2.75, 3.05) is 6.54 Å². The molecular weight excluding hydrogens is 302 g/mol. The molecular formula is C24H39N. The molecule has 0 saturated heterocycles. The van der Waals surface area contributed by atoms with Crippen LogP contribution < -0.4 is 0 Å². The van der Waals surface area contributed by atoms with Crippen LogP contribution in [0.4, 0.5) is 0 Å². The third-order valence-electron chi connectivity index (χ3n) is 4.87. The summed E-state index contributed by atoms with van der Waals surface area (Å²) in [6, 6.07) is 10.8. The predicted molar refractivity (Wildman–Crippen MR) is 115 cm³/mol. The third kappa shape index (κ3) is 7.44. The summed E-state index contributed by atoms with van der Waals surface area (Å²) >= 11 is 0. The lowest BCUT2D eigenvalue weighted by Crippen LogP contribution is -2.50. The van der Waals surface area contributed by atoms with Gasteiger partial charge in [-0.1, -0.05) is 82.3 Å². The van der Waals surface area contributed by atoms with Crippen molar-refractivity contribution in [3.63, 3.8) is 0 Å². The Morgan fingerprint density at radius 3 is 2.20 bits per heavy atom. The Bertz CT molecular complexity index is 524. The molecule has 1 rings (SSSR count). The molecule has 0 saturated carbocycles. The molecule has 1 aromatic rings. The molecule has 0 spiro atoms. The van der Waals surface area contributed by atoms with Gasteiger partial charge in [0.1, 0.15) is 0 Å². The summed E-state index contributed by atoms with van der Waals surface area (Å²) in [5.41, 5.74) is 2.81. The van der Waals surface area contributed by atoms with Crippen LogP contribution in [-0.2, 0) is 6.54 Å². The van der Waals surface area contributed by atoms with Crippen molar-refractivity contribution in [2.24, 2.45) is 5.92 Å². The highest BCUT2D eigenvalue weighted by Gasteiger charge is 2.34. The first-order valence-corrected chi connectivity index (χ1v) is 9.65. The van der Waals surface area contributed by atoms with Crippen LogP contribution >= 0.6 is 0 Å². The van der Waals surface area contributed by atoms with Gasteiger partial charge in [-0.2, -0.15) is 0 Å². The topological polar surface area (TPSA) is 3.24 Å². The lowest BCUT2D eigenvalue weighted by molar-refractivity contribution is 0.0644. The molecule has 0 aromatic heterocycles. The van der Waals surface area contributed by atoms with Crippen LogP contribution in [0.2, 0.25) is 0 Å². The zero-order valence-corrected chi connectivity index (χ0v) is 17.5. The Hall–Kier alpha value is -1.60. The van der Waals surface area contributed by atoms with Gasteiger partial charge in [-0.3, -0.25) is 4.90 Å². The number of allylic oxidation sites excluding steroid dienone is 2. The number of nitrogens with zero attached hydrogens (tertiary/aromatic N) is 1. The van der Waals surface area contributed by atoms with E-state index in [4.69, 9.17) is 0 Å². The molecule has 1 unspecified atom stereocenters. The van der Waals surface area contributed by atoms with Gasteiger partial charge in [0.25, 0.3) is 0 Å². The Labute approximate surface area is 157 Å². The van der Waals surface area contributed by atoms with Crippen molar-refractivity contribution in [3.05, 3.63) is 72.4 Å². The van der Waals surface area contributed by atoms with Gasteiger partial charge in [0.15, 0.2) is 0 Å². The largest absolute Gasteiger partial charge is 0.289 e.